The van der Waals surface area contributed by atoms with Gasteiger partial charge in [-0.1, -0.05) is 11.6 Å². The van der Waals surface area contributed by atoms with Crippen LogP contribution in [0.2, 0.25) is 5.02 Å². The minimum Gasteiger partial charge on any atom is -0.461 e. The van der Waals surface area contributed by atoms with E-state index in [1.54, 1.807) is 13.0 Å². The van der Waals surface area contributed by atoms with Crippen molar-refractivity contribution in [3.05, 3.63) is 33.3 Å². The number of carbonyl (C=O) groups is 1. The highest BCUT2D eigenvalue weighted by Crippen LogP contribution is 2.27. The maximum absolute atomic E-state index is 11.3. The number of hydrogen-bond donors (Lipinski definition) is 1. The van der Waals surface area contributed by atoms with Crippen molar-refractivity contribution in [3.63, 3.8) is 0 Å². The van der Waals surface area contributed by atoms with Crippen molar-refractivity contribution >= 4 is 34.7 Å². The molecule has 0 amide bonds. The first-order valence-corrected chi connectivity index (χ1v) is 5.72. The molecule has 0 unspecified atom stereocenters. The Hall–Kier alpha value is -2.66. The predicted molar refractivity (Wildman–Crippen MR) is 71.4 cm³/mol. The van der Waals surface area contributed by atoms with Crippen LogP contribution in [0, 0.1) is 21.4 Å². The van der Waals surface area contributed by atoms with E-state index in [0.29, 0.717) is 0 Å². The Bertz CT molecular complexity index is 609. The molecule has 0 saturated carbocycles. The van der Waals surface area contributed by atoms with E-state index in [0.717, 1.165) is 0 Å². The number of anilines is 1. The fourth-order valence-corrected chi connectivity index (χ4v) is 1.41. The second-order valence-electron chi connectivity index (χ2n) is 3.33. The van der Waals surface area contributed by atoms with E-state index >= 15 is 0 Å². The molecule has 1 aromatic rings. The van der Waals surface area contributed by atoms with Gasteiger partial charge in [0.25, 0.3) is 5.69 Å². The highest BCUT2D eigenvalue weighted by atomic mass is 35.5. The third-order valence-electron chi connectivity index (χ3n) is 2.02. The van der Waals surface area contributed by atoms with Gasteiger partial charge in [0.2, 0.25) is 5.71 Å². The van der Waals surface area contributed by atoms with Crippen molar-refractivity contribution in [2.24, 2.45) is 5.10 Å². The van der Waals surface area contributed by atoms with E-state index in [1.165, 1.54) is 18.2 Å². The molecule has 0 radical (unpaired) electrons. The zero-order chi connectivity index (χ0) is 15.1. The fourth-order valence-electron chi connectivity index (χ4n) is 1.16. The summed E-state index contributed by atoms with van der Waals surface area (Å²) in [6.07, 6.45) is 0. The second kappa shape index (κ2) is 7.06. The number of nitro benzene ring substituents is 1. The Morgan fingerprint density at radius 1 is 1.65 bits per heavy atom. The molecule has 104 valence electrons. The molecule has 0 bridgehead atoms. The number of ether oxygens (including phenoxy) is 1. The first-order valence-electron chi connectivity index (χ1n) is 5.34. The molecule has 0 heterocycles. The lowest BCUT2D eigenvalue weighted by molar-refractivity contribution is -0.384. The molecule has 0 aromatic heterocycles. The molecule has 0 fully saturated rings. The zero-order valence-corrected chi connectivity index (χ0v) is 11.0. The van der Waals surface area contributed by atoms with Gasteiger partial charge in [0, 0.05) is 6.07 Å². The average molecular weight is 297 g/mol. The standard InChI is InChI=1S/C11H9ClN4O4/c1-2-20-11(17)9(6-13)15-14-7-3-4-10(16(18)19)8(12)5-7/h3-5,14H,2H2,1H3/b15-9+. The zero-order valence-electron chi connectivity index (χ0n) is 10.3. The Labute approximate surface area is 118 Å². The highest BCUT2D eigenvalue weighted by Gasteiger charge is 2.14. The number of nitro groups is 1. The first-order chi connectivity index (χ1) is 9.49. The minimum atomic E-state index is -0.865. The molecule has 0 aliphatic rings. The van der Waals surface area contributed by atoms with Crippen LogP contribution in [0.5, 0.6) is 0 Å². The van der Waals surface area contributed by atoms with Crippen molar-refractivity contribution in [3.8, 4) is 6.07 Å². The van der Waals surface area contributed by atoms with Gasteiger partial charge in [0.15, 0.2) is 0 Å². The highest BCUT2D eigenvalue weighted by molar-refractivity contribution is 6.43. The van der Waals surface area contributed by atoms with Crippen LogP contribution in [0.4, 0.5) is 11.4 Å². The smallest absolute Gasteiger partial charge is 0.369 e. The molecular weight excluding hydrogens is 288 g/mol. The van der Waals surface area contributed by atoms with E-state index < -0.39 is 16.6 Å². The van der Waals surface area contributed by atoms with E-state index in [9.17, 15) is 14.9 Å². The van der Waals surface area contributed by atoms with Gasteiger partial charge in [-0.2, -0.15) is 10.4 Å². The lowest BCUT2D eigenvalue weighted by atomic mass is 10.3. The maximum Gasteiger partial charge on any atom is 0.369 e. The van der Waals surface area contributed by atoms with Crippen LogP contribution in [-0.2, 0) is 9.53 Å². The summed E-state index contributed by atoms with van der Waals surface area (Å²) in [6.45, 7) is 1.71. The van der Waals surface area contributed by atoms with E-state index in [1.807, 2.05) is 0 Å². The Morgan fingerprint density at radius 2 is 2.35 bits per heavy atom. The normalized spacial score (nSPS) is 10.6. The molecular formula is C11H9ClN4O4. The van der Waals surface area contributed by atoms with Gasteiger partial charge >= 0.3 is 5.97 Å². The molecule has 1 aromatic carbocycles. The molecule has 0 spiro atoms. The molecule has 8 nitrogen and oxygen atoms in total. The number of hydrogen-bond acceptors (Lipinski definition) is 7. The van der Waals surface area contributed by atoms with Crippen molar-refractivity contribution < 1.29 is 14.5 Å². The summed E-state index contributed by atoms with van der Waals surface area (Å²) < 4.78 is 4.61. The summed E-state index contributed by atoms with van der Waals surface area (Å²) in [6, 6.07) is 5.34. The molecule has 0 aliphatic carbocycles. The summed E-state index contributed by atoms with van der Waals surface area (Å²) in [5, 5.41) is 22.8. The Kier molecular flexibility index (Phi) is 5.43. The van der Waals surface area contributed by atoms with Crippen LogP contribution in [0.1, 0.15) is 6.92 Å². The summed E-state index contributed by atoms with van der Waals surface area (Å²) in [5.74, 6) is -0.865. The number of nitrogens with zero attached hydrogens (tertiary/aromatic N) is 3. The first kappa shape index (κ1) is 15.4. The number of hydrazone groups is 1. The third-order valence-corrected chi connectivity index (χ3v) is 2.32. The minimum absolute atomic E-state index is 0.0927. The van der Waals surface area contributed by atoms with Crippen molar-refractivity contribution in [1.82, 2.24) is 0 Å². The SMILES string of the molecule is CCOC(=O)/C(C#N)=N/Nc1ccc([N+](=O)[O-])c(Cl)c1. The van der Waals surface area contributed by atoms with Crippen LogP contribution in [-0.4, -0.2) is 23.2 Å². The topological polar surface area (TPSA) is 118 Å². The number of carbonyl (C=O) groups excluding carboxylic acids is 1. The van der Waals surface area contributed by atoms with E-state index in [-0.39, 0.29) is 23.0 Å². The maximum atomic E-state index is 11.3. The number of rotatable bonds is 5. The number of esters is 1. The quantitative estimate of drug-likeness (QED) is 0.385. The van der Waals surface area contributed by atoms with Gasteiger partial charge in [-0.05, 0) is 19.1 Å². The lowest BCUT2D eigenvalue weighted by Gasteiger charge is -2.02. The number of benzene rings is 1. The molecule has 0 aliphatic heterocycles. The fraction of sp³-hybridized carbons (Fsp3) is 0.182. The van der Waals surface area contributed by atoms with Crippen molar-refractivity contribution in [2.45, 2.75) is 6.92 Å². The summed E-state index contributed by atoms with van der Waals surface area (Å²) >= 11 is 5.70. The van der Waals surface area contributed by atoms with Gasteiger partial charge in [0.05, 0.1) is 17.2 Å². The summed E-state index contributed by atoms with van der Waals surface area (Å²) in [7, 11) is 0. The summed E-state index contributed by atoms with van der Waals surface area (Å²) in [4.78, 5) is 21.2. The Balaban J connectivity index is 2.89. The second-order valence-corrected chi connectivity index (χ2v) is 3.73. The lowest BCUT2D eigenvalue weighted by Crippen LogP contribution is -2.17. The molecule has 20 heavy (non-hydrogen) atoms. The van der Waals surface area contributed by atoms with Crippen molar-refractivity contribution in [2.75, 3.05) is 12.0 Å². The van der Waals surface area contributed by atoms with Crippen molar-refractivity contribution in [1.29, 1.82) is 5.26 Å². The van der Waals surface area contributed by atoms with Crippen LogP contribution >= 0.6 is 11.6 Å². The number of halogens is 1. The molecule has 1 rings (SSSR count). The number of nitrogens with one attached hydrogen (secondary N) is 1. The van der Waals surface area contributed by atoms with Gasteiger partial charge in [-0.25, -0.2) is 4.79 Å². The van der Waals surface area contributed by atoms with Crippen LogP contribution in [0.15, 0.2) is 23.3 Å². The van der Waals surface area contributed by atoms with Gasteiger partial charge < -0.3 is 4.74 Å². The molecule has 1 N–H and O–H groups in total. The van der Waals surface area contributed by atoms with Crippen LogP contribution in [0.25, 0.3) is 0 Å². The monoisotopic (exact) mass is 296 g/mol. The number of nitriles is 1. The third kappa shape index (κ3) is 3.93. The van der Waals surface area contributed by atoms with Crippen LogP contribution < -0.4 is 5.43 Å². The molecule has 0 saturated heterocycles. The van der Waals surface area contributed by atoms with Crippen LogP contribution in [0.3, 0.4) is 0 Å². The summed E-state index contributed by atoms with van der Waals surface area (Å²) in [5.41, 5.74) is 1.96. The average Bonchev–Trinajstić information content (AvgIpc) is 2.39. The molecule has 9 heteroatoms. The molecule has 0 atom stereocenters. The van der Waals surface area contributed by atoms with Gasteiger partial charge in [0.1, 0.15) is 11.1 Å². The van der Waals surface area contributed by atoms with Gasteiger partial charge in [-0.3, -0.25) is 15.5 Å². The van der Waals surface area contributed by atoms with Gasteiger partial charge in [-0.15, -0.1) is 0 Å². The van der Waals surface area contributed by atoms with E-state index in [2.05, 4.69) is 15.3 Å². The Morgan fingerprint density at radius 3 is 2.85 bits per heavy atom. The van der Waals surface area contributed by atoms with E-state index in [4.69, 9.17) is 16.9 Å². The predicted octanol–water partition coefficient (Wildman–Crippen LogP) is 2.10. The largest absolute Gasteiger partial charge is 0.461 e.